The van der Waals surface area contributed by atoms with Gasteiger partial charge in [0.2, 0.25) is 0 Å². The van der Waals surface area contributed by atoms with Crippen molar-refractivity contribution in [1.29, 1.82) is 0 Å². The van der Waals surface area contributed by atoms with Crippen LogP contribution < -0.4 is 0 Å². The molecule has 1 aliphatic rings. The highest BCUT2D eigenvalue weighted by molar-refractivity contribution is 5.85. The zero-order chi connectivity index (χ0) is 14.6. The van der Waals surface area contributed by atoms with Crippen molar-refractivity contribution in [3.63, 3.8) is 0 Å². The van der Waals surface area contributed by atoms with Gasteiger partial charge in [-0.05, 0) is 43.4 Å². The van der Waals surface area contributed by atoms with Crippen molar-refractivity contribution in [2.45, 2.75) is 38.2 Å². The van der Waals surface area contributed by atoms with E-state index in [9.17, 15) is 9.18 Å². The summed E-state index contributed by atoms with van der Waals surface area (Å²) in [5.41, 5.74) is 1.41. The van der Waals surface area contributed by atoms with Crippen molar-refractivity contribution >= 4 is 11.7 Å². The Bertz CT molecular complexity index is 500. The van der Waals surface area contributed by atoms with Crippen LogP contribution in [0.3, 0.4) is 0 Å². The molecule has 1 aliphatic carbocycles. The smallest absolute Gasteiger partial charge is 0.331 e. The summed E-state index contributed by atoms with van der Waals surface area (Å²) < 4.78 is 18.7. The van der Waals surface area contributed by atoms with E-state index in [0.717, 1.165) is 24.1 Å². The first kappa shape index (κ1) is 14.7. The van der Waals surface area contributed by atoms with Crippen LogP contribution in [0.25, 0.3) is 0 Å². The Labute approximate surface area is 117 Å². The van der Waals surface area contributed by atoms with E-state index < -0.39 is 11.6 Å². The molecule has 0 heterocycles. The maximum absolute atomic E-state index is 13.0. The maximum atomic E-state index is 13.0. The Morgan fingerprint density at radius 2 is 1.85 bits per heavy atom. The molecule has 0 saturated heterocycles. The highest BCUT2D eigenvalue weighted by Crippen LogP contribution is 2.39. The lowest BCUT2D eigenvalue weighted by molar-refractivity contribution is -0.141. The molecule has 0 atom stereocenters. The van der Waals surface area contributed by atoms with Gasteiger partial charge < -0.3 is 9.57 Å². The Morgan fingerprint density at radius 1 is 1.25 bits per heavy atom. The number of benzene rings is 1. The predicted octanol–water partition coefficient (Wildman–Crippen LogP) is 3.16. The molecule has 0 bridgehead atoms. The van der Waals surface area contributed by atoms with Crippen molar-refractivity contribution in [3.8, 4) is 0 Å². The molecule has 108 valence electrons. The zero-order valence-electron chi connectivity index (χ0n) is 11.7. The van der Waals surface area contributed by atoms with Gasteiger partial charge in [-0.3, -0.25) is 0 Å². The van der Waals surface area contributed by atoms with Gasteiger partial charge >= 0.3 is 5.97 Å². The number of hydrogen-bond acceptors (Lipinski definition) is 4. The normalized spacial score (nSPS) is 22.4. The Kier molecular flexibility index (Phi) is 4.49. The van der Waals surface area contributed by atoms with Crippen LogP contribution in [0.2, 0.25) is 0 Å². The molecule has 2 rings (SSSR count). The van der Waals surface area contributed by atoms with Crippen LogP contribution in [-0.2, 0) is 20.0 Å². The van der Waals surface area contributed by atoms with Gasteiger partial charge in [-0.25, -0.2) is 9.18 Å². The number of rotatable bonds is 3. The van der Waals surface area contributed by atoms with Crippen molar-refractivity contribution < 1.29 is 18.8 Å². The van der Waals surface area contributed by atoms with Gasteiger partial charge in [-0.2, -0.15) is 0 Å². The average Bonchev–Trinajstić information content (AvgIpc) is 2.46. The minimum absolute atomic E-state index is 0.257. The molecule has 1 aromatic carbocycles. The number of carbonyl (C=O) groups excluding carboxylic acids is 1. The van der Waals surface area contributed by atoms with Gasteiger partial charge in [-0.1, -0.05) is 17.3 Å². The van der Waals surface area contributed by atoms with E-state index in [2.05, 4.69) is 9.99 Å². The molecule has 1 fully saturated rings. The van der Waals surface area contributed by atoms with Crippen LogP contribution in [0.15, 0.2) is 29.4 Å². The van der Waals surface area contributed by atoms with Gasteiger partial charge in [-0.15, -0.1) is 0 Å². The lowest BCUT2D eigenvalue weighted by atomic mass is 9.78. The summed E-state index contributed by atoms with van der Waals surface area (Å²) in [6, 6.07) is 6.40. The fourth-order valence-corrected chi connectivity index (χ4v) is 2.53. The molecule has 1 aromatic rings. The summed E-state index contributed by atoms with van der Waals surface area (Å²) in [6.07, 6.45) is 2.85. The molecule has 20 heavy (non-hydrogen) atoms. The van der Waals surface area contributed by atoms with Crippen molar-refractivity contribution in [3.05, 3.63) is 35.6 Å². The molecule has 0 unspecified atom stereocenters. The van der Waals surface area contributed by atoms with E-state index in [1.807, 2.05) is 0 Å². The summed E-state index contributed by atoms with van der Waals surface area (Å²) in [6.45, 7) is 1.32. The lowest BCUT2D eigenvalue weighted by Gasteiger charge is -2.36. The summed E-state index contributed by atoms with van der Waals surface area (Å²) in [7, 11) is 1.66. The Hall–Kier alpha value is -1.75. The number of methoxy groups -OCH3 is 1. The molecular formula is C15H18FNO3. The van der Waals surface area contributed by atoms with E-state index in [1.165, 1.54) is 19.1 Å². The van der Waals surface area contributed by atoms with Gasteiger partial charge in [0, 0.05) is 14.0 Å². The molecular weight excluding hydrogens is 261 g/mol. The number of hydrogen-bond donors (Lipinski definition) is 0. The van der Waals surface area contributed by atoms with Crippen LogP contribution in [-0.4, -0.2) is 18.8 Å². The summed E-state index contributed by atoms with van der Waals surface area (Å²) in [5.74, 6) is -0.674. The third-order valence-electron chi connectivity index (χ3n) is 3.70. The third kappa shape index (κ3) is 3.22. The highest BCUT2D eigenvalue weighted by atomic mass is 19.1. The number of carbonyl (C=O) groups is 1. The monoisotopic (exact) mass is 279 g/mol. The van der Waals surface area contributed by atoms with E-state index in [-0.39, 0.29) is 5.82 Å². The van der Waals surface area contributed by atoms with Crippen LogP contribution in [0.1, 0.15) is 38.2 Å². The fourth-order valence-electron chi connectivity index (χ4n) is 2.53. The van der Waals surface area contributed by atoms with E-state index in [0.29, 0.717) is 12.8 Å². The summed E-state index contributed by atoms with van der Waals surface area (Å²) >= 11 is 0. The molecule has 0 radical (unpaired) electrons. The van der Waals surface area contributed by atoms with Crippen LogP contribution in [0.5, 0.6) is 0 Å². The van der Waals surface area contributed by atoms with E-state index >= 15 is 0 Å². The van der Waals surface area contributed by atoms with Gasteiger partial charge in [0.05, 0.1) is 11.3 Å². The Morgan fingerprint density at radius 3 is 2.35 bits per heavy atom. The number of halogens is 1. The molecule has 0 spiro atoms. The fraction of sp³-hybridized carbons (Fsp3) is 0.467. The van der Waals surface area contributed by atoms with Gasteiger partial charge in [0.1, 0.15) is 5.82 Å². The largest absolute Gasteiger partial charge is 0.374 e. The van der Waals surface area contributed by atoms with Crippen LogP contribution in [0, 0.1) is 5.82 Å². The lowest BCUT2D eigenvalue weighted by Crippen LogP contribution is -2.34. The van der Waals surface area contributed by atoms with Crippen molar-refractivity contribution in [2.75, 3.05) is 7.11 Å². The first-order valence-electron chi connectivity index (χ1n) is 6.60. The molecule has 0 aromatic heterocycles. The van der Waals surface area contributed by atoms with Gasteiger partial charge in [0.15, 0.2) is 0 Å². The zero-order valence-corrected chi connectivity index (χ0v) is 11.7. The van der Waals surface area contributed by atoms with Crippen molar-refractivity contribution in [1.82, 2.24) is 0 Å². The average molecular weight is 279 g/mol. The molecule has 0 amide bonds. The summed E-state index contributed by atoms with van der Waals surface area (Å²) in [4.78, 5) is 15.4. The number of ether oxygens (including phenoxy) is 1. The second-order valence-electron chi connectivity index (χ2n) is 4.95. The van der Waals surface area contributed by atoms with Crippen LogP contribution >= 0.6 is 0 Å². The molecule has 0 aliphatic heterocycles. The SMILES string of the molecule is COC1(c2ccc(F)cc2)CCC(=NOC(C)=O)CC1. The predicted molar refractivity (Wildman–Crippen MR) is 72.8 cm³/mol. The molecule has 0 N–H and O–H groups in total. The molecule has 1 saturated carbocycles. The summed E-state index contributed by atoms with van der Waals surface area (Å²) in [5, 5.41) is 3.84. The standard InChI is InChI=1S/C15H18FNO3/c1-11(18)20-17-14-7-9-15(19-2,10-8-14)12-3-5-13(16)6-4-12/h3-6H,7-10H2,1-2H3. The van der Waals surface area contributed by atoms with Gasteiger partial charge in [0.25, 0.3) is 0 Å². The van der Waals surface area contributed by atoms with E-state index in [1.54, 1.807) is 19.2 Å². The Balaban J connectivity index is 2.10. The first-order chi connectivity index (χ1) is 9.55. The second kappa shape index (κ2) is 6.13. The molecule has 4 nitrogen and oxygen atoms in total. The third-order valence-corrected chi connectivity index (χ3v) is 3.70. The highest BCUT2D eigenvalue weighted by Gasteiger charge is 2.36. The topological polar surface area (TPSA) is 47.9 Å². The first-order valence-corrected chi connectivity index (χ1v) is 6.60. The molecule has 5 heteroatoms. The quantitative estimate of drug-likeness (QED) is 0.630. The van der Waals surface area contributed by atoms with Crippen LogP contribution in [0.4, 0.5) is 4.39 Å². The minimum Gasteiger partial charge on any atom is -0.374 e. The van der Waals surface area contributed by atoms with Crippen molar-refractivity contribution in [2.24, 2.45) is 5.16 Å². The minimum atomic E-state index is -0.417. The number of nitrogens with zero attached hydrogens (tertiary/aromatic N) is 1. The number of oxime groups is 1. The second-order valence-corrected chi connectivity index (χ2v) is 4.95. The van der Waals surface area contributed by atoms with E-state index in [4.69, 9.17) is 4.74 Å². The maximum Gasteiger partial charge on any atom is 0.331 e.